The molecule has 0 aromatic carbocycles. The first kappa shape index (κ1) is 17.8. The maximum Gasteiger partial charge on any atom is 0.226 e. The van der Waals surface area contributed by atoms with Crippen molar-refractivity contribution in [2.75, 3.05) is 18.0 Å². The predicted octanol–water partition coefficient (Wildman–Crippen LogP) is 1.80. The Labute approximate surface area is 153 Å². The molecule has 1 unspecified atom stereocenters. The Morgan fingerprint density at radius 3 is 2.81 bits per heavy atom. The van der Waals surface area contributed by atoms with Crippen LogP contribution in [0.5, 0.6) is 0 Å². The molecule has 1 fully saturated rings. The van der Waals surface area contributed by atoms with Gasteiger partial charge < -0.3 is 10.2 Å². The minimum absolute atomic E-state index is 0.0208. The van der Waals surface area contributed by atoms with Crippen LogP contribution in [0.1, 0.15) is 43.1 Å². The lowest BCUT2D eigenvalue weighted by molar-refractivity contribution is -0.121. The molecule has 0 bridgehead atoms. The summed E-state index contributed by atoms with van der Waals surface area (Å²) in [5.74, 6) is 1.14. The molecule has 0 spiro atoms. The van der Waals surface area contributed by atoms with Crippen molar-refractivity contribution in [3.63, 3.8) is 0 Å². The molecule has 1 amide bonds. The maximum atomic E-state index is 12.3. The van der Waals surface area contributed by atoms with E-state index in [1.807, 2.05) is 24.4 Å². The van der Waals surface area contributed by atoms with E-state index in [1.165, 1.54) is 5.56 Å². The summed E-state index contributed by atoms with van der Waals surface area (Å²) < 4.78 is 0. The molecule has 134 valence electrons. The third-order valence-electron chi connectivity index (χ3n) is 4.50. The number of carbonyl (C=O) groups excluding carboxylic acids is 1. The summed E-state index contributed by atoms with van der Waals surface area (Å²) in [6, 6.07) is 9.42. The number of anilines is 1. The van der Waals surface area contributed by atoms with Crippen LogP contribution in [0.4, 0.5) is 5.82 Å². The van der Waals surface area contributed by atoms with E-state index < -0.39 is 0 Å². The van der Waals surface area contributed by atoms with E-state index in [2.05, 4.69) is 39.2 Å². The van der Waals surface area contributed by atoms with E-state index in [0.717, 1.165) is 24.5 Å². The summed E-state index contributed by atoms with van der Waals surface area (Å²) in [6.45, 7) is 5.72. The van der Waals surface area contributed by atoms with Gasteiger partial charge in [-0.25, -0.2) is 0 Å². The second-order valence-electron chi connectivity index (χ2n) is 6.80. The van der Waals surface area contributed by atoms with Gasteiger partial charge in [-0.15, -0.1) is 10.2 Å². The van der Waals surface area contributed by atoms with Crippen LogP contribution in [-0.2, 0) is 11.2 Å². The van der Waals surface area contributed by atoms with Gasteiger partial charge in [-0.3, -0.25) is 9.78 Å². The van der Waals surface area contributed by atoms with Crippen LogP contribution in [0.25, 0.3) is 0 Å². The van der Waals surface area contributed by atoms with E-state index in [0.29, 0.717) is 18.2 Å². The van der Waals surface area contributed by atoms with E-state index in [1.54, 1.807) is 12.1 Å². The first-order valence-electron chi connectivity index (χ1n) is 8.78. The second-order valence-corrected chi connectivity index (χ2v) is 6.80. The van der Waals surface area contributed by atoms with Crippen LogP contribution >= 0.6 is 0 Å². The van der Waals surface area contributed by atoms with E-state index in [9.17, 15) is 4.79 Å². The number of amides is 1. The zero-order valence-corrected chi connectivity index (χ0v) is 15.0. The van der Waals surface area contributed by atoms with Crippen LogP contribution < -0.4 is 10.2 Å². The minimum atomic E-state index is -0.0208. The Hall–Kier alpha value is -3.01. The summed E-state index contributed by atoms with van der Waals surface area (Å²) >= 11 is 0. The van der Waals surface area contributed by atoms with Crippen LogP contribution in [0.2, 0.25) is 0 Å². The first-order chi connectivity index (χ1) is 12.5. The summed E-state index contributed by atoms with van der Waals surface area (Å²) in [7, 11) is 0. The predicted molar refractivity (Wildman–Crippen MR) is 97.5 cm³/mol. The van der Waals surface area contributed by atoms with E-state index in [4.69, 9.17) is 5.26 Å². The van der Waals surface area contributed by atoms with Gasteiger partial charge in [0.1, 0.15) is 6.07 Å². The molecular weight excluding hydrogens is 328 g/mol. The molecule has 1 N–H and O–H groups in total. The van der Waals surface area contributed by atoms with Gasteiger partial charge in [-0.2, -0.15) is 5.26 Å². The van der Waals surface area contributed by atoms with Crippen LogP contribution in [-0.4, -0.2) is 40.2 Å². The number of nitrogens with one attached hydrogen (secondary N) is 1. The summed E-state index contributed by atoms with van der Waals surface area (Å²) in [4.78, 5) is 18.7. The van der Waals surface area contributed by atoms with Gasteiger partial charge in [0.2, 0.25) is 5.91 Å². The molecule has 3 heterocycles. The minimum Gasteiger partial charge on any atom is -0.353 e. The first-order valence-corrected chi connectivity index (χ1v) is 8.78. The molecule has 26 heavy (non-hydrogen) atoms. The highest BCUT2D eigenvalue weighted by molar-refractivity contribution is 5.78. The Morgan fingerprint density at radius 1 is 1.35 bits per heavy atom. The number of rotatable bonds is 5. The zero-order chi connectivity index (χ0) is 18.5. The number of hydrogen-bond acceptors (Lipinski definition) is 6. The fourth-order valence-electron chi connectivity index (χ4n) is 2.96. The molecule has 1 saturated heterocycles. The van der Waals surface area contributed by atoms with Gasteiger partial charge in [0, 0.05) is 31.0 Å². The van der Waals surface area contributed by atoms with Gasteiger partial charge in [0.25, 0.3) is 0 Å². The molecule has 2 aromatic heterocycles. The second kappa shape index (κ2) is 7.91. The van der Waals surface area contributed by atoms with Crippen molar-refractivity contribution in [2.45, 2.75) is 38.6 Å². The molecule has 7 heteroatoms. The van der Waals surface area contributed by atoms with Gasteiger partial charge >= 0.3 is 0 Å². The largest absolute Gasteiger partial charge is 0.353 e. The average Bonchev–Trinajstić information content (AvgIpc) is 3.10. The highest BCUT2D eigenvalue weighted by Crippen LogP contribution is 2.17. The normalized spacial score (nSPS) is 16.5. The van der Waals surface area contributed by atoms with Gasteiger partial charge in [-0.05, 0) is 36.1 Å². The fourth-order valence-corrected chi connectivity index (χ4v) is 2.96. The van der Waals surface area contributed by atoms with Crippen molar-refractivity contribution < 1.29 is 4.79 Å². The highest BCUT2D eigenvalue weighted by Gasteiger charge is 2.25. The standard InChI is InChI=1S/C19H22N6O/c1-13(2)14-3-4-15(21-11-14)9-19(26)22-17-7-8-25(12-17)18-6-5-16(10-20)23-24-18/h3-6,11,13,17H,7-9,12H2,1-2H3,(H,22,26). The van der Waals surface area contributed by atoms with Crippen molar-refractivity contribution in [1.29, 1.82) is 5.26 Å². The van der Waals surface area contributed by atoms with Crippen molar-refractivity contribution in [3.05, 3.63) is 47.4 Å². The van der Waals surface area contributed by atoms with Gasteiger partial charge in [-0.1, -0.05) is 19.9 Å². The Kier molecular flexibility index (Phi) is 5.42. The Bertz CT molecular complexity index is 794. The smallest absolute Gasteiger partial charge is 0.226 e. The van der Waals surface area contributed by atoms with Crippen molar-refractivity contribution in [1.82, 2.24) is 20.5 Å². The highest BCUT2D eigenvalue weighted by atomic mass is 16.1. The third kappa shape index (κ3) is 4.33. The summed E-state index contributed by atoms with van der Waals surface area (Å²) in [6.07, 6.45) is 2.98. The van der Waals surface area contributed by atoms with Crippen LogP contribution in [0, 0.1) is 11.3 Å². The third-order valence-corrected chi connectivity index (χ3v) is 4.50. The maximum absolute atomic E-state index is 12.3. The lowest BCUT2D eigenvalue weighted by Gasteiger charge is -2.17. The van der Waals surface area contributed by atoms with E-state index >= 15 is 0 Å². The molecular formula is C19H22N6O. The number of pyridine rings is 1. The molecule has 3 rings (SSSR count). The lowest BCUT2D eigenvalue weighted by atomic mass is 10.1. The SMILES string of the molecule is CC(C)c1ccc(CC(=O)NC2CCN(c3ccc(C#N)nn3)C2)nc1. The number of carbonyl (C=O) groups is 1. The van der Waals surface area contributed by atoms with E-state index in [-0.39, 0.29) is 18.4 Å². The zero-order valence-electron chi connectivity index (χ0n) is 15.0. The fraction of sp³-hybridized carbons (Fsp3) is 0.421. The number of nitriles is 1. The number of hydrogen-bond donors (Lipinski definition) is 1. The van der Waals surface area contributed by atoms with Crippen molar-refractivity contribution in [2.24, 2.45) is 0 Å². The number of nitrogens with zero attached hydrogens (tertiary/aromatic N) is 5. The van der Waals surface area contributed by atoms with Crippen LogP contribution in [0.3, 0.4) is 0 Å². The molecule has 1 aliphatic heterocycles. The summed E-state index contributed by atoms with van der Waals surface area (Å²) in [5, 5.41) is 19.8. The lowest BCUT2D eigenvalue weighted by Crippen LogP contribution is -2.38. The van der Waals surface area contributed by atoms with Gasteiger partial charge in [0.15, 0.2) is 11.5 Å². The quantitative estimate of drug-likeness (QED) is 0.883. The molecule has 0 radical (unpaired) electrons. The van der Waals surface area contributed by atoms with Crippen molar-refractivity contribution >= 4 is 11.7 Å². The van der Waals surface area contributed by atoms with Crippen molar-refractivity contribution in [3.8, 4) is 6.07 Å². The monoisotopic (exact) mass is 350 g/mol. The van der Waals surface area contributed by atoms with Crippen LogP contribution in [0.15, 0.2) is 30.5 Å². The average molecular weight is 350 g/mol. The molecule has 2 aromatic rings. The Morgan fingerprint density at radius 2 is 2.19 bits per heavy atom. The number of aromatic nitrogens is 3. The topological polar surface area (TPSA) is 94.8 Å². The molecule has 1 aliphatic rings. The molecule has 7 nitrogen and oxygen atoms in total. The Balaban J connectivity index is 1.51. The molecule has 0 saturated carbocycles. The molecule has 0 aliphatic carbocycles. The molecule has 1 atom stereocenters. The summed E-state index contributed by atoms with van der Waals surface area (Å²) in [5.41, 5.74) is 2.25. The van der Waals surface area contributed by atoms with Gasteiger partial charge in [0.05, 0.1) is 6.42 Å².